The summed E-state index contributed by atoms with van der Waals surface area (Å²) in [7, 11) is -3.62. The third-order valence-corrected chi connectivity index (χ3v) is 7.66. The number of carbonyl (C=O) groups excluding carboxylic acids is 1. The minimum Gasteiger partial charge on any atom is -0.461 e. The predicted octanol–water partition coefficient (Wildman–Crippen LogP) is 1.97. The molecule has 0 spiro atoms. The van der Waals surface area contributed by atoms with Crippen molar-refractivity contribution in [2.24, 2.45) is 0 Å². The summed E-state index contributed by atoms with van der Waals surface area (Å²) in [5, 5.41) is 3.67. The number of aromatic nitrogens is 1. The Balaban J connectivity index is 1.57. The molecule has 3 rings (SSSR count). The number of sulfonamides is 1. The van der Waals surface area contributed by atoms with E-state index in [2.05, 4.69) is 21.7 Å². The van der Waals surface area contributed by atoms with Gasteiger partial charge < -0.3 is 14.0 Å². The van der Waals surface area contributed by atoms with E-state index in [1.807, 2.05) is 0 Å². The fourth-order valence-corrected chi connectivity index (χ4v) is 5.31. The summed E-state index contributed by atoms with van der Waals surface area (Å²) in [5.74, 6) is -0.261. The van der Waals surface area contributed by atoms with E-state index in [9.17, 15) is 13.2 Å². The van der Waals surface area contributed by atoms with Gasteiger partial charge in [-0.2, -0.15) is 0 Å². The SMILES string of the molecule is CCOC(=O)c1cc(-c2ccc(S(=O)(=O)NCCC(C)N3CCOCC3)s2)on1. The zero-order valence-corrected chi connectivity index (χ0v) is 18.1. The second kappa shape index (κ2) is 9.81. The van der Waals surface area contributed by atoms with Gasteiger partial charge in [-0.25, -0.2) is 17.9 Å². The van der Waals surface area contributed by atoms with Crippen LogP contribution in [0.1, 0.15) is 30.8 Å². The Morgan fingerprint density at radius 2 is 2.14 bits per heavy atom. The monoisotopic (exact) mass is 443 g/mol. The number of ether oxygens (including phenoxy) is 2. The second-order valence-electron chi connectivity index (χ2n) is 6.60. The molecule has 0 radical (unpaired) electrons. The predicted molar refractivity (Wildman–Crippen MR) is 107 cm³/mol. The van der Waals surface area contributed by atoms with Crippen molar-refractivity contribution in [3.05, 3.63) is 23.9 Å². The minimum absolute atomic E-state index is 0.0508. The molecular formula is C18H25N3O6S2. The Bertz CT molecular complexity index is 918. The van der Waals surface area contributed by atoms with Gasteiger partial charge in [-0.1, -0.05) is 5.16 Å². The normalized spacial score (nSPS) is 16.6. The number of hydrogen-bond acceptors (Lipinski definition) is 9. The van der Waals surface area contributed by atoms with Crippen LogP contribution in [-0.4, -0.2) is 69.9 Å². The Labute approximate surface area is 174 Å². The Morgan fingerprint density at radius 3 is 2.86 bits per heavy atom. The molecule has 0 aliphatic carbocycles. The smallest absolute Gasteiger partial charge is 0.360 e. The summed E-state index contributed by atoms with van der Waals surface area (Å²) in [4.78, 5) is 14.5. The van der Waals surface area contributed by atoms with Crippen molar-refractivity contribution in [1.29, 1.82) is 0 Å². The van der Waals surface area contributed by atoms with Crippen molar-refractivity contribution in [1.82, 2.24) is 14.8 Å². The maximum Gasteiger partial charge on any atom is 0.360 e. The highest BCUT2D eigenvalue weighted by molar-refractivity contribution is 7.91. The van der Waals surface area contributed by atoms with Gasteiger partial charge in [0.15, 0.2) is 11.5 Å². The molecule has 160 valence electrons. The van der Waals surface area contributed by atoms with Gasteiger partial charge in [-0.3, -0.25) is 4.90 Å². The highest BCUT2D eigenvalue weighted by atomic mass is 32.2. The zero-order valence-electron chi connectivity index (χ0n) is 16.4. The molecule has 0 bridgehead atoms. The molecule has 9 nitrogen and oxygen atoms in total. The molecule has 2 aromatic heterocycles. The quantitative estimate of drug-likeness (QED) is 0.586. The van der Waals surface area contributed by atoms with Crippen LogP contribution in [0.2, 0.25) is 0 Å². The standard InChI is InChI=1S/C18H25N3O6S2/c1-3-26-18(22)14-12-15(27-20-14)16-4-5-17(28-16)29(23,24)19-7-6-13(2)21-8-10-25-11-9-21/h4-5,12-13,19H,3,6-11H2,1-2H3. The third-order valence-electron chi connectivity index (χ3n) is 4.61. The van der Waals surface area contributed by atoms with E-state index in [4.69, 9.17) is 14.0 Å². The number of hydrogen-bond donors (Lipinski definition) is 1. The van der Waals surface area contributed by atoms with Crippen LogP contribution in [0.15, 0.2) is 26.9 Å². The number of morpholine rings is 1. The van der Waals surface area contributed by atoms with Crippen molar-refractivity contribution in [2.75, 3.05) is 39.5 Å². The van der Waals surface area contributed by atoms with E-state index in [0.717, 1.165) is 24.4 Å². The topological polar surface area (TPSA) is 111 Å². The van der Waals surface area contributed by atoms with Crippen LogP contribution >= 0.6 is 11.3 Å². The first-order valence-electron chi connectivity index (χ1n) is 9.46. The average molecular weight is 444 g/mol. The molecule has 11 heteroatoms. The Morgan fingerprint density at radius 1 is 1.38 bits per heavy atom. The molecule has 1 fully saturated rings. The number of rotatable bonds is 9. The second-order valence-corrected chi connectivity index (χ2v) is 9.68. The van der Waals surface area contributed by atoms with Gasteiger partial charge in [0.1, 0.15) is 4.21 Å². The summed E-state index contributed by atoms with van der Waals surface area (Å²) in [6.07, 6.45) is 0.711. The van der Waals surface area contributed by atoms with E-state index in [1.165, 1.54) is 12.1 Å². The molecular weight excluding hydrogens is 418 g/mol. The number of thiophene rings is 1. The maximum absolute atomic E-state index is 12.6. The largest absolute Gasteiger partial charge is 0.461 e. The fourth-order valence-electron chi connectivity index (χ4n) is 2.96. The molecule has 1 aliphatic heterocycles. The van der Waals surface area contributed by atoms with Gasteiger partial charge in [0.05, 0.1) is 24.7 Å². The van der Waals surface area contributed by atoms with E-state index in [-0.39, 0.29) is 22.6 Å². The number of esters is 1. The Hall–Kier alpha value is -1.79. The molecule has 29 heavy (non-hydrogen) atoms. The lowest BCUT2D eigenvalue weighted by Crippen LogP contribution is -2.43. The molecule has 3 heterocycles. The van der Waals surface area contributed by atoms with Gasteiger partial charge in [0.2, 0.25) is 10.0 Å². The van der Waals surface area contributed by atoms with Gasteiger partial charge in [0, 0.05) is 31.7 Å². The van der Waals surface area contributed by atoms with Crippen molar-refractivity contribution in [3.8, 4) is 10.6 Å². The van der Waals surface area contributed by atoms with Crippen LogP contribution in [0.5, 0.6) is 0 Å². The summed E-state index contributed by atoms with van der Waals surface area (Å²) < 4.78 is 43.4. The van der Waals surface area contributed by atoms with Gasteiger partial charge in [-0.05, 0) is 32.4 Å². The van der Waals surface area contributed by atoms with Crippen LogP contribution in [0.25, 0.3) is 10.6 Å². The van der Waals surface area contributed by atoms with Crippen molar-refractivity contribution in [2.45, 2.75) is 30.5 Å². The first-order valence-corrected chi connectivity index (χ1v) is 11.8. The van der Waals surface area contributed by atoms with E-state index in [1.54, 1.807) is 13.0 Å². The molecule has 1 unspecified atom stereocenters. The fraction of sp³-hybridized carbons (Fsp3) is 0.556. The van der Waals surface area contributed by atoms with Crippen LogP contribution in [0.3, 0.4) is 0 Å². The molecule has 1 aliphatic rings. The molecule has 0 amide bonds. The van der Waals surface area contributed by atoms with Crippen LogP contribution in [0.4, 0.5) is 0 Å². The van der Waals surface area contributed by atoms with Gasteiger partial charge in [-0.15, -0.1) is 11.3 Å². The highest BCUT2D eigenvalue weighted by Gasteiger charge is 2.22. The van der Waals surface area contributed by atoms with Crippen molar-refractivity contribution >= 4 is 27.3 Å². The summed E-state index contributed by atoms with van der Waals surface area (Å²) >= 11 is 1.05. The lowest BCUT2D eigenvalue weighted by molar-refractivity contribution is 0.0190. The van der Waals surface area contributed by atoms with Gasteiger partial charge in [0.25, 0.3) is 0 Å². The number of nitrogens with one attached hydrogen (secondary N) is 1. The zero-order chi connectivity index (χ0) is 20.9. The lowest BCUT2D eigenvalue weighted by atomic mass is 10.2. The first-order chi connectivity index (χ1) is 13.9. The average Bonchev–Trinajstić information content (AvgIpc) is 3.38. The summed E-state index contributed by atoms with van der Waals surface area (Å²) in [6, 6.07) is 4.86. The highest BCUT2D eigenvalue weighted by Crippen LogP contribution is 2.31. The first kappa shape index (κ1) is 21.9. The molecule has 1 atom stereocenters. The van der Waals surface area contributed by atoms with Crippen molar-refractivity contribution in [3.63, 3.8) is 0 Å². The summed E-state index contributed by atoms with van der Waals surface area (Å²) in [6.45, 7) is 7.54. The molecule has 0 aromatic carbocycles. The Kier molecular flexibility index (Phi) is 7.41. The van der Waals surface area contributed by atoms with Crippen LogP contribution in [-0.2, 0) is 19.5 Å². The summed E-state index contributed by atoms with van der Waals surface area (Å²) in [5.41, 5.74) is 0.0508. The van der Waals surface area contributed by atoms with Gasteiger partial charge >= 0.3 is 5.97 Å². The van der Waals surface area contributed by atoms with Crippen molar-refractivity contribution < 1.29 is 27.2 Å². The molecule has 1 N–H and O–H groups in total. The third kappa shape index (κ3) is 5.64. The number of nitrogens with zero attached hydrogens (tertiary/aromatic N) is 2. The lowest BCUT2D eigenvalue weighted by Gasteiger charge is -2.32. The molecule has 1 saturated heterocycles. The number of carbonyl (C=O) groups is 1. The molecule has 0 saturated carbocycles. The minimum atomic E-state index is -3.62. The maximum atomic E-state index is 12.6. The molecule has 2 aromatic rings. The van der Waals surface area contributed by atoms with Crippen LogP contribution < -0.4 is 4.72 Å². The van der Waals surface area contributed by atoms with E-state index >= 15 is 0 Å². The van der Waals surface area contributed by atoms with E-state index < -0.39 is 16.0 Å². The van der Waals surface area contributed by atoms with E-state index in [0.29, 0.717) is 36.8 Å². The van der Waals surface area contributed by atoms with Crippen LogP contribution in [0, 0.1) is 0 Å².